The lowest BCUT2D eigenvalue weighted by molar-refractivity contribution is 0.585. The lowest BCUT2D eigenvalue weighted by atomic mass is 10.3. The number of anilines is 1. The molecule has 1 fully saturated rings. The first kappa shape index (κ1) is 8.60. The molecule has 2 aromatic heterocycles. The number of nitrogens with zero attached hydrogens (tertiary/aromatic N) is 4. The van der Waals surface area contributed by atoms with Gasteiger partial charge >= 0.3 is 0 Å². The molecule has 78 valence electrons. The van der Waals surface area contributed by atoms with E-state index in [1.807, 2.05) is 0 Å². The monoisotopic (exact) mass is 204 g/mol. The van der Waals surface area contributed by atoms with Crippen LogP contribution in [0.4, 0.5) is 5.82 Å². The molecular weight excluding hydrogens is 192 g/mol. The fraction of sp³-hybridized carbons (Fsp3) is 0.444. The molecule has 2 aromatic rings. The summed E-state index contributed by atoms with van der Waals surface area (Å²) in [5.74, 6) is 0.939. The van der Waals surface area contributed by atoms with Gasteiger partial charge in [-0.3, -0.25) is 5.10 Å². The van der Waals surface area contributed by atoms with E-state index in [4.69, 9.17) is 0 Å². The van der Waals surface area contributed by atoms with Gasteiger partial charge in [0.1, 0.15) is 17.4 Å². The number of hydrogen-bond acceptors (Lipinski definition) is 5. The topological polar surface area (TPSA) is 69.7 Å². The number of fused-ring (bicyclic) bond motifs is 1. The highest BCUT2D eigenvalue weighted by Gasteiger charge is 2.16. The average Bonchev–Trinajstić information content (AvgIpc) is 2.74. The van der Waals surface area contributed by atoms with Crippen molar-refractivity contribution in [1.82, 2.24) is 25.5 Å². The predicted octanol–water partition coefficient (Wildman–Crippen LogP) is -0.238. The summed E-state index contributed by atoms with van der Waals surface area (Å²) in [4.78, 5) is 10.4. The Balaban J connectivity index is 2.02. The van der Waals surface area contributed by atoms with E-state index in [2.05, 4.69) is 30.4 Å². The highest BCUT2D eigenvalue weighted by atomic mass is 15.3. The Morgan fingerprint density at radius 3 is 3.00 bits per heavy atom. The molecule has 0 radical (unpaired) electrons. The highest BCUT2D eigenvalue weighted by molar-refractivity contribution is 5.85. The number of piperazine rings is 1. The van der Waals surface area contributed by atoms with Crippen molar-refractivity contribution in [2.45, 2.75) is 0 Å². The van der Waals surface area contributed by atoms with Crippen LogP contribution in [0.5, 0.6) is 0 Å². The van der Waals surface area contributed by atoms with Crippen LogP contribution < -0.4 is 10.2 Å². The summed E-state index contributed by atoms with van der Waals surface area (Å²) in [5.41, 5.74) is 1.80. The van der Waals surface area contributed by atoms with Crippen LogP contribution in [0.25, 0.3) is 11.0 Å². The molecule has 1 aliphatic heterocycles. The minimum absolute atomic E-state index is 0.894. The zero-order valence-electron chi connectivity index (χ0n) is 8.27. The summed E-state index contributed by atoms with van der Waals surface area (Å²) in [6.45, 7) is 3.95. The number of aromatic amines is 1. The van der Waals surface area contributed by atoms with Crippen molar-refractivity contribution >= 4 is 16.9 Å². The van der Waals surface area contributed by atoms with Gasteiger partial charge in [0.2, 0.25) is 0 Å². The van der Waals surface area contributed by atoms with Gasteiger partial charge in [0.25, 0.3) is 0 Å². The van der Waals surface area contributed by atoms with Gasteiger partial charge in [0, 0.05) is 26.2 Å². The molecule has 0 aliphatic carbocycles. The van der Waals surface area contributed by atoms with Crippen LogP contribution in [0.15, 0.2) is 12.5 Å². The largest absolute Gasteiger partial charge is 0.351 e. The fourth-order valence-corrected chi connectivity index (χ4v) is 1.85. The van der Waals surface area contributed by atoms with Crippen LogP contribution in [0.3, 0.4) is 0 Å². The molecule has 1 saturated heterocycles. The lowest BCUT2D eigenvalue weighted by Gasteiger charge is -2.27. The van der Waals surface area contributed by atoms with E-state index in [0.717, 1.165) is 43.0 Å². The molecule has 0 aromatic carbocycles. The number of nitrogens with one attached hydrogen (secondary N) is 2. The van der Waals surface area contributed by atoms with Crippen molar-refractivity contribution in [3.63, 3.8) is 0 Å². The Hall–Kier alpha value is -1.69. The molecule has 1 aliphatic rings. The van der Waals surface area contributed by atoms with Crippen LogP contribution in [-0.2, 0) is 0 Å². The maximum absolute atomic E-state index is 4.29. The summed E-state index contributed by atoms with van der Waals surface area (Å²) in [6, 6.07) is 0. The Labute approximate surface area is 86.7 Å². The minimum atomic E-state index is 0.894. The van der Waals surface area contributed by atoms with Crippen LogP contribution in [-0.4, -0.2) is 46.3 Å². The van der Waals surface area contributed by atoms with E-state index < -0.39 is 0 Å². The molecule has 3 heterocycles. The van der Waals surface area contributed by atoms with E-state index in [1.165, 1.54) is 0 Å². The molecule has 0 amide bonds. The standard InChI is InChI=1S/C9H12N6/c1-3-15(4-2-10-1)9-8-7(13-14-9)5-11-6-12-8/h5-6,10H,1-4H2,(H,13,14). The summed E-state index contributed by atoms with van der Waals surface area (Å²) in [5, 5.41) is 10.6. The SMILES string of the molecule is c1ncc2[nH]nc(N3CCNCC3)c2n1. The number of hydrogen-bond donors (Lipinski definition) is 2. The Morgan fingerprint density at radius 1 is 1.27 bits per heavy atom. The Bertz CT molecular complexity index is 458. The summed E-state index contributed by atoms with van der Waals surface area (Å²) in [7, 11) is 0. The van der Waals surface area contributed by atoms with Gasteiger partial charge in [0.05, 0.1) is 6.20 Å². The van der Waals surface area contributed by atoms with Crippen molar-refractivity contribution in [2.24, 2.45) is 0 Å². The van der Waals surface area contributed by atoms with Crippen LogP contribution in [0.2, 0.25) is 0 Å². The molecule has 3 rings (SSSR count). The van der Waals surface area contributed by atoms with Crippen molar-refractivity contribution < 1.29 is 0 Å². The molecule has 0 bridgehead atoms. The first-order valence-corrected chi connectivity index (χ1v) is 5.05. The zero-order valence-corrected chi connectivity index (χ0v) is 8.27. The Kier molecular flexibility index (Phi) is 1.99. The third kappa shape index (κ3) is 1.42. The van der Waals surface area contributed by atoms with E-state index in [1.54, 1.807) is 12.5 Å². The second kappa shape index (κ2) is 3.47. The molecule has 0 spiro atoms. The molecule has 6 nitrogen and oxygen atoms in total. The number of H-pyrrole nitrogens is 1. The Morgan fingerprint density at radius 2 is 2.13 bits per heavy atom. The quantitative estimate of drug-likeness (QED) is 0.671. The summed E-state index contributed by atoms with van der Waals surface area (Å²) in [6.07, 6.45) is 3.31. The van der Waals surface area contributed by atoms with Gasteiger partial charge in [-0.15, -0.1) is 0 Å². The van der Waals surface area contributed by atoms with Crippen LogP contribution >= 0.6 is 0 Å². The van der Waals surface area contributed by atoms with Gasteiger partial charge in [-0.2, -0.15) is 5.10 Å². The lowest BCUT2D eigenvalue weighted by Crippen LogP contribution is -2.43. The van der Waals surface area contributed by atoms with E-state index in [-0.39, 0.29) is 0 Å². The predicted molar refractivity (Wildman–Crippen MR) is 56.8 cm³/mol. The normalized spacial score (nSPS) is 17.2. The second-order valence-corrected chi connectivity index (χ2v) is 3.57. The fourth-order valence-electron chi connectivity index (χ4n) is 1.85. The van der Waals surface area contributed by atoms with E-state index >= 15 is 0 Å². The molecule has 0 saturated carbocycles. The van der Waals surface area contributed by atoms with Crippen LogP contribution in [0.1, 0.15) is 0 Å². The maximum Gasteiger partial charge on any atom is 0.177 e. The molecule has 0 atom stereocenters. The molecule has 15 heavy (non-hydrogen) atoms. The van der Waals surface area contributed by atoms with Gasteiger partial charge in [-0.1, -0.05) is 0 Å². The summed E-state index contributed by atoms with van der Waals surface area (Å²) < 4.78 is 0. The van der Waals surface area contributed by atoms with Crippen molar-refractivity contribution in [2.75, 3.05) is 31.1 Å². The zero-order chi connectivity index (χ0) is 10.1. The third-order valence-corrected chi connectivity index (χ3v) is 2.62. The van der Waals surface area contributed by atoms with Gasteiger partial charge in [0.15, 0.2) is 5.82 Å². The number of rotatable bonds is 1. The average molecular weight is 204 g/mol. The molecule has 0 unspecified atom stereocenters. The van der Waals surface area contributed by atoms with Gasteiger partial charge < -0.3 is 10.2 Å². The van der Waals surface area contributed by atoms with E-state index in [0.29, 0.717) is 0 Å². The molecule has 2 N–H and O–H groups in total. The maximum atomic E-state index is 4.29. The van der Waals surface area contributed by atoms with Crippen LogP contribution in [0, 0.1) is 0 Å². The number of aromatic nitrogens is 4. The molecular formula is C9H12N6. The smallest absolute Gasteiger partial charge is 0.177 e. The first-order chi connectivity index (χ1) is 7.45. The minimum Gasteiger partial charge on any atom is -0.351 e. The third-order valence-electron chi connectivity index (χ3n) is 2.62. The van der Waals surface area contributed by atoms with E-state index in [9.17, 15) is 0 Å². The first-order valence-electron chi connectivity index (χ1n) is 5.05. The van der Waals surface area contributed by atoms with Crippen molar-refractivity contribution in [3.05, 3.63) is 12.5 Å². The van der Waals surface area contributed by atoms with Crippen molar-refractivity contribution in [1.29, 1.82) is 0 Å². The second-order valence-electron chi connectivity index (χ2n) is 3.57. The van der Waals surface area contributed by atoms with Crippen molar-refractivity contribution in [3.8, 4) is 0 Å². The summed E-state index contributed by atoms with van der Waals surface area (Å²) >= 11 is 0. The highest BCUT2D eigenvalue weighted by Crippen LogP contribution is 2.20. The van der Waals surface area contributed by atoms with Gasteiger partial charge in [-0.05, 0) is 0 Å². The molecule has 6 heteroatoms. The van der Waals surface area contributed by atoms with Gasteiger partial charge in [-0.25, -0.2) is 9.97 Å².